The SMILES string of the molecule is Cc1cc(C(=O)NC2CCC(N(C)C)CC2)ccc1-c1ccc(C[C@H](CC(=O)C2CCC(CN)CC2)C(=O)Nc2ccc3c(c2)N=C(C(F)(F)F)C3)cc1. The van der Waals surface area contributed by atoms with Gasteiger partial charge in [0.25, 0.3) is 5.91 Å². The minimum Gasteiger partial charge on any atom is -0.349 e. The number of Topliss-reactive ketones (excluding diaryl/α,β-unsaturated/α-hetero) is 1. The zero-order valence-electron chi connectivity index (χ0n) is 31.5. The van der Waals surface area contributed by atoms with Crippen LogP contribution in [-0.2, 0) is 22.4 Å². The average molecular weight is 744 g/mol. The van der Waals surface area contributed by atoms with Gasteiger partial charge in [0.2, 0.25) is 5.91 Å². The zero-order chi connectivity index (χ0) is 38.6. The summed E-state index contributed by atoms with van der Waals surface area (Å²) in [5, 5.41) is 6.09. The maximum absolute atomic E-state index is 13.8. The summed E-state index contributed by atoms with van der Waals surface area (Å²) in [6.45, 7) is 2.60. The summed E-state index contributed by atoms with van der Waals surface area (Å²) >= 11 is 0. The van der Waals surface area contributed by atoms with E-state index < -0.39 is 17.8 Å². The number of nitrogens with zero attached hydrogens (tertiary/aromatic N) is 2. The molecule has 54 heavy (non-hydrogen) atoms. The Morgan fingerprint density at radius 2 is 1.61 bits per heavy atom. The Hall–Kier alpha value is -4.35. The molecule has 1 aliphatic heterocycles. The molecule has 2 fully saturated rings. The number of fused-ring (bicyclic) bond motifs is 1. The first-order chi connectivity index (χ1) is 25.8. The molecule has 0 bridgehead atoms. The number of alkyl halides is 3. The van der Waals surface area contributed by atoms with Crippen molar-refractivity contribution in [2.24, 2.45) is 28.5 Å². The zero-order valence-corrected chi connectivity index (χ0v) is 31.5. The van der Waals surface area contributed by atoms with Crippen LogP contribution in [0, 0.1) is 24.7 Å². The van der Waals surface area contributed by atoms with E-state index in [2.05, 4.69) is 34.6 Å². The molecule has 1 heterocycles. The van der Waals surface area contributed by atoms with E-state index in [0.717, 1.165) is 73.6 Å². The van der Waals surface area contributed by atoms with Gasteiger partial charge in [0, 0.05) is 48.0 Å². The normalized spacial score (nSPS) is 22.0. The van der Waals surface area contributed by atoms with E-state index in [4.69, 9.17) is 5.73 Å². The molecule has 2 saturated carbocycles. The van der Waals surface area contributed by atoms with E-state index in [0.29, 0.717) is 41.7 Å². The Balaban J connectivity index is 1.13. The fourth-order valence-corrected chi connectivity index (χ4v) is 8.29. The van der Waals surface area contributed by atoms with Gasteiger partial charge in [-0.05, 0) is 143 Å². The van der Waals surface area contributed by atoms with Gasteiger partial charge in [0.05, 0.1) is 5.69 Å². The number of halogens is 3. The summed E-state index contributed by atoms with van der Waals surface area (Å²) in [7, 11) is 4.21. The van der Waals surface area contributed by atoms with Crippen molar-refractivity contribution in [1.82, 2.24) is 10.2 Å². The molecule has 288 valence electrons. The molecule has 3 aromatic rings. The highest BCUT2D eigenvalue weighted by Gasteiger charge is 2.38. The van der Waals surface area contributed by atoms with Gasteiger partial charge in [-0.3, -0.25) is 14.4 Å². The number of amides is 2. The first-order valence-corrected chi connectivity index (χ1v) is 19.3. The van der Waals surface area contributed by atoms with Gasteiger partial charge in [-0.2, -0.15) is 13.2 Å². The fraction of sp³-hybridized carbons (Fsp3) is 0.488. The fourth-order valence-electron chi connectivity index (χ4n) is 8.29. The van der Waals surface area contributed by atoms with Crippen molar-refractivity contribution in [3.63, 3.8) is 0 Å². The lowest BCUT2D eigenvalue weighted by atomic mass is 9.77. The maximum atomic E-state index is 13.8. The van der Waals surface area contributed by atoms with Crippen molar-refractivity contribution in [2.45, 2.75) is 95.8 Å². The molecule has 4 N–H and O–H groups in total. The average Bonchev–Trinajstić information content (AvgIpc) is 3.60. The molecular formula is C43H52F3N5O3. The molecule has 0 unspecified atom stereocenters. The second-order valence-electron chi connectivity index (χ2n) is 15.8. The van der Waals surface area contributed by atoms with Crippen LogP contribution in [0.4, 0.5) is 24.5 Å². The van der Waals surface area contributed by atoms with E-state index in [9.17, 15) is 27.6 Å². The Bertz CT molecular complexity index is 1860. The van der Waals surface area contributed by atoms with Crippen molar-refractivity contribution < 1.29 is 27.6 Å². The number of hydrogen-bond acceptors (Lipinski definition) is 6. The van der Waals surface area contributed by atoms with Crippen LogP contribution < -0.4 is 16.4 Å². The Morgan fingerprint density at radius 1 is 0.907 bits per heavy atom. The third-order valence-electron chi connectivity index (χ3n) is 11.7. The minimum absolute atomic E-state index is 0.0524. The summed E-state index contributed by atoms with van der Waals surface area (Å²) in [4.78, 5) is 46.5. The molecule has 0 radical (unpaired) electrons. The number of nitrogens with two attached hydrogens (primary N) is 1. The van der Waals surface area contributed by atoms with E-state index in [1.54, 1.807) is 12.1 Å². The highest BCUT2D eigenvalue weighted by atomic mass is 19.4. The van der Waals surface area contributed by atoms with Crippen LogP contribution in [0.5, 0.6) is 0 Å². The summed E-state index contributed by atoms with van der Waals surface area (Å²) in [5.74, 6) is -0.754. The van der Waals surface area contributed by atoms with Crippen LogP contribution in [0.15, 0.2) is 65.7 Å². The van der Waals surface area contributed by atoms with Crippen molar-refractivity contribution in [3.8, 4) is 11.1 Å². The van der Waals surface area contributed by atoms with Crippen LogP contribution in [0.2, 0.25) is 0 Å². The number of carbonyl (C=O) groups is 3. The minimum atomic E-state index is -4.52. The molecule has 11 heteroatoms. The first kappa shape index (κ1) is 39.3. The van der Waals surface area contributed by atoms with Gasteiger partial charge in [0.1, 0.15) is 11.5 Å². The Labute approximate surface area is 316 Å². The summed E-state index contributed by atoms with van der Waals surface area (Å²) < 4.78 is 39.9. The van der Waals surface area contributed by atoms with Crippen molar-refractivity contribution >= 4 is 34.7 Å². The van der Waals surface area contributed by atoms with Gasteiger partial charge in [0.15, 0.2) is 0 Å². The number of aryl methyl sites for hydroxylation is 1. The number of ketones is 1. The second-order valence-corrected chi connectivity index (χ2v) is 15.8. The summed E-state index contributed by atoms with van der Waals surface area (Å²) in [6.07, 6.45) is 2.94. The molecule has 2 amide bonds. The maximum Gasteiger partial charge on any atom is 0.429 e. The number of anilines is 1. The molecule has 0 spiro atoms. The number of carbonyl (C=O) groups excluding carboxylic acids is 3. The molecule has 1 atom stereocenters. The summed E-state index contributed by atoms with van der Waals surface area (Å²) in [6, 6.07) is 19.0. The van der Waals surface area contributed by atoms with Crippen molar-refractivity contribution in [1.29, 1.82) is 0 Å². The monoisotopic (exact) mass is 743 g/mol. The first-order valence-electron chi connectivity index (χ1n) is 19.3. The summed E-state index contributed by atoms with van der Waals surface area (Å²) in [5.41, 5.74) is 10.4. The number of benzene rings is 3. The molecule has 2 aliphatic carbocycles. The topological polar surface area (TPSA) is 117 Å². The largest absolute Gasteiger partial charge is 0.429 e. The predicted octanol–water partition coefficient (Wildman–Crippen LogP) is 7.98. The van der Waals surface area contributed by atoms with Crippen LogP contribution in [-0.4, -0.2) is 67.1 Å². The number of hydrogen-bond donors (Lipinski definition) is 3. The van der Waals surface area contributed by atoms with Crippen LogP contribution in [0.25, 0.3) is 11.1 Å². The Morgan fingerprint density at radius 3 is 2.24 bits per heavy atom. The van der Waals surface area contributed by atoms with Gasteiger partial charge in [-0.1, -0.05) is 36.4 Å². The lowest BCUT2D eigenvalue weighted by molar-refractivity contribution is -0.129. The third-order valence-corrected chi connectivity index (χ3v) is 11.7. The van der Waals surface area contributed by atoms with Crippen molar-refractivity contribution in [2.75, 3.05) is 26.0 Å². The molecule has 0 aromatic heterocycles. The number of nitrogens with one attached hydrogen (secondary N) is 2. The highest BCUT2D eigenvalue weighted by molar-refractivity contribution is 6.00. The van der Waals surface area contributed by atoms with Crippen LogP contribution >= 0.6 is 0 Å². The second kappa shape index (κ2) is 17.0. The van der Waals surface area contributed by atoms with Crippen LogP contribution in [0.1, 0.15) is 84.8 Å². The smallest absolute Gasteiger partial charge is 0.349 e. The Kier molecular flexibility index (Phi) is 12.4. The van der Waals surface area contributed by atoms with Gasteiger partial charge in [-0.25, -0.2) is 4.99 Å². The van der Waals surface area contributed by atoms with E-state index >= 15 is 0 Å². The highest BCUT2D eigenvalue weighted by Crippen LogP contribution is 2.36. The molecular weight excluding hydrogens is 691 g/mol. The third kappa shape index (κ3) is 9.65. The standard InChI is InChI=1S/C43H52F3N5O3/c1-26-20-32(41(53)48-34-15-17-36(18-16-34)51(2)3)13-19-37(26)29-8-4-27(5-9-29)21-33(22-39(52)30-10-6-28(25-47)7-11-30)42(54)49-35-14-12-31-23-40(43(44,45)46)50-38(31)24-35/h4-5,8-9,12-14,19-20,24,28,30,33-34,36H,6-7,10-11,15-18,21-23,25,47H2,1-3H3,(H,48,53)(H,49,54)/t28?,30?,33-,34?,36?/m1/s1. The number of rotatable bonds is 12. The molecule has 3 aromatic carbocycles. The van der Waals surface area contributed by atoms with Gasteiger partial charge in [-0.15, -0.1) is 0 Å². The van der Waals surface area contributed by atoms with Gasteiger partial charge >= 0.3 is 6.18 Å². The lowest BCUT2D eigenvalue weighted by Gasteiger charge is -2.33. The van der Waals surface area contributed by atoms with Crippen LogP contribution in [0.3, 0.4) is 0 Å². The van der Waals surface area contributed by atoms with Crippen molar-refractivity contribution in [3.05, 3.63) is 82.9 Å². The quantitative estimate of drug-likeness (QED) is 0.174. The van der Waals surface area contributed by atoms with Gasteiger partial charge < -0.3 is 21.3 Å². The van der Waals surface area contributed by atoms with E-state index in [1.807, 2.05) is 49.4 Å². The molecule has 8 nitrogen and oxygen atoms in total. The van der Waals surface area contributed by atoms with E-state index in [1.165, 1.54) is 6.07 Å². The van der Waals surface area contributed by atoms with E-state index in [-0.39, 0.29) is 48.1 Å². The molecule has 6 rings (SSSR count). The molecule has 3 aliphatic rings. The number of aliphatic imine (C=N–C) groups is 1. The lowest BCUT2D eigenvalue weighted by Crippen LogP contribution is -2.41. The molecule has 0 saturated heterocycles. The predicted molar refractivity (Wildman–Crippen MR) is 207 cm³/mol.